The molecule has 4 fully saturated rings. The summed E-state index contributed by atoms with van der Waals surface area (Å²) in [6.45, 7) is 16.0. The summed E-state index contributed by atoms with van der Waals surface area (Å²) in [6.07, 6.45) is 5.27. The number of Topliss-reactive ketones (excluding diaryl/α,β-unsaturated/α-hetero) is 1. The molecular weight excluding hydrogens is 498 g/mol. The fourth-order valence-electron chi connectivity index (χ4n) is 8.38. The van der Waals surface area contributed by atoms with Crippen LogP contribution in [0.15, 0.2) is 23.5 Å². The Morgan fingerprint density at radius 3 is 2.38 bits per heavy atom. The van der Waals surface area contributed by atoms with E-state index in [1.54, 1.807) is 0 Å². The summed E-state index contributed by atoms with van der Waals surface area (Å²) in [5.41, 5.74) is 6.36. The van der Waals surface area contributed by atoms with Gasteiger partial charge >= 0.3 is 0 Å². The van der Waals surface area contributed by atoms with Crippen LogP contribution in [0, 0.1) is 35.0 Å². The predicted octanol–water partition coefficient (Wildman–Crippen LogP) is 3.72. The van der Waals surface area contributed by atoms with Gasteiger partial charge in [0.2, 0.25) is 0 Å². The van der Waals surface area contributed by atoms with Crippen LogP contribution in [0.4, 0.5) is 0 Å². The van der Waals surface area contributed by atoms with E-state index in [9.17, 15) is 9.90 Å². The molecule has 0 aromatic rings. The molecule has 39 heavy (non-hydrogen) atoms. The molecule has 6 aliphatic rings. The minimum Gasteiger partial charge on any atom is -0.498 e. The van der Waals surface area contributed by atoms with E-state index < -0.39 is 23.4 Å². The van der Waals surface area contributed by atoms with Gasteiger partial charge in [0.25, 0.3) is 0 Å². The molecule has 3 saturated carbocycles. The van der Waals surface area contributed by atoms with Gasteiger partial charge in [-0.3, -0.25) is 4.79 Å². The van der Waals surface area contributed by atoms with Crippen molar-refractivity contribution in [3.8, 4) is 0 Å². The van der Waals surface area contributed by atoms with Crippen molar-refractivity contribution in [1.29, 1.82) is 0 Å². The van der Waals surface area contributed by atoms with E-state index >= 15 is 0 Å². The summed E-state index contributed by atoms with van der Waals surface area (Å²) in [4.78, 5) is 13.8. The molecule has 6 rings (SSSR count). The molecule has 8 nitrogen and oxygen atoms in total. The molecular formula is C31H53NO7. The van der Waals surface area contributed by atoms with E-state index in [4.69, 9.17) is 30.2 Å². The van der Waals surface area contributed by atoms with Gasteiger partial charge in [-0.05, 0) is 88.3 Å². The second-order valence-electron chi connectivity index (χ2n) is 12.0. The van der Waals surface area contributed by atoms with Crippen molar-refractivity contribution in [3.05, 3.63) is 23.5 Å². The van der Waals surface area contributed by atoms with Crippen molar-refractivity contribution in [2.24, 2.45) is 40.7 Å². The largest absolute Gasteiger partial charge is 0.498 e. The lowest BCUT2D eigenvalue weighted by atomic mass is 9.46. The Bertz CT molecular complexity index is 897. The maximum atomic E-state index is 13.8. The Balaban J connectivity index is 0.000000370. The zero-order valence-corrected chi connectivity index (χ0v) is 24.9. The van der Waals surface area contributed by atoms with Crippen molar-refractivity contribution in [3.63, 3.8) is 0 Å². The summed E-state index contributed by atoms with van der Waals surface area (Å²) in [5, 5.41) is 26.9. The number of rotatable bonds is 3. The highest BCUT2D eigenvalue weighted by molar-refractivity contribution is 6.04. The van der Waals surface area contributed by atoms with Gasteiger partial charge in [-0.2, -0.15) is 0 Å². The number of aliphatic hydroxyl groups is 3. The quantitative estimate of drug-likeness (QED) is 0.308. The number of unbranched alkanes of at least 4 members (excludes halogenated alkanes) is 1. The molecule has 5 N–H and O–H groups in total. The predicted molar refractivity (Wildman–Crippen MR) is 150 cm³/mol. The highest BCUT2D eigenvalue weighted by atomic mass is 16.7. The standard InChI is InChI=1S/C24H32O5.C4H11NO.C2H6.CH4O/c1-11-10-13-6-5-9-27-19(13)17-15-8-7-14-12(2)20(26)24(15)21(14)28-23(3,4)29-22(24)18(25)16(11)17;5-3-1-2-4-6;2*1-2/h11,14-18,21-22,25H,2,5-10H2,1,3-4H3;6H,1-5H2;1-2H3;2H,1H3. The van der Waals surface area contributed by atoms with Crippen molar-refractivity contribution < 1.29 is 34.3 Å². The summed E-state index contributed by atoms with van der Waals surface area (Å²) in [5.74, 6) is 0.936. The number of hydrogen-bond acceptors (Lipinski definition) is 8. The molecule has 0 aromatic heterocycles. The Morgan fingerprint density at radius 2 is 1.77 bits per heavy atom. The number of ether oxygens (including phenoxy) is 3. The van der Waals surface area contributed by atoms with Gasteiger partial charge in [-0.25, -0.2) is 0 Å². The van der Waals surface area contributed by atoms with Gasteiger partial charge in [0.15, 0.2) is 11.6 Å². The third-order valence-corrected chi connectivity index (χ3v) is 9.59. The zero-order chi connectivity index (χ0) is 29.1. The Labute approximate surface area is 235 Å². The summed E-state index contributed by atoms with van der Waals surface area (Å²) in [7, 11) is 1.00. The van der Waals surface area contributed by atoms with Gasteiger partial charge < -0.3 is 35.3 Å². The average Bonchev–Trinajstić information content (AvgIpc) is 3.06. The molecule has 2 aliphatic heterocycles. The maximum absolute atomic E-state index is 13.8. The zero-order valence-electron chi connectivity index (χ0n) is 24.9. The van der Waals surface area contributed by atoms with E-state index in [1.807, 2.05) is 27.7 Å². The van der Waals surface area contributed by atoms with Crippen LogP contribution in [0.1, 0.15) is 79.6 Å². The fourth-order valence-corrected chi connectivity index (χ4v) is 8.38. The van der Waals surface area contributed by atoms with E-state index in [2.05, 4.69) is 13.5 Å². The maximum Gasteiger partial charge on any atom is 0.170 e. The number of aliphatic hydroxyl groups excluding tert-OH is 3. The summed E-state index contributed by atoms with van der Waals surface area (Å²) in [6, 6.07) is 0. The average molecular weight is 552 g/mol. The normalized spacial score (nSPS) is 40.7. The smallest absolute Gasteiger partial charge is 0.170 e. The minimum absolute atomic E-state index is 0.0370. The van der Waals surface area contributed by atoms with Crippen LogP contribution in [0.25, 0.3) is 0 Å². The third kappa shape index (κ3) is 5.26. The molecule has 9 atom stereocenters. The fraction of sp³-hybridized carbons (Fsp3) is 0.839. The third-order valence-electron chi connectivity index (χ3n) is 9.59. The van der Waals surface area contributed by atoms with Crippen molar-refractivity contribution in [1.82, 2.24) is 0 Å². The van der Waals surface area contributed by atoms with E-state index in [1.165, 1.54) is 5.57 Å². The lowest BCUT2D eigenvalue weighted by Crippen LogP contribution is -2.73. The van der Waals surface area contributed by atoms with Crippen LogP contribution in [-0.2, 0) is 19.0 Å². The molecule has 2 heterocycles. The van der Waals surface area contributed by atoms with Crippen molar-refractivity contribution >= 4 is 5.78 Å². The topological polar surface area (TPSA) is 131 Å². The van der Waals surface area contributed by atoms with E-state index in [-0.39, 0.29) is 42.2 Å². The molecule has 0 aromatic carbocycles. The lowest BCUT2D eigenvalue weighted by Gasteiger charge is -2.64. The summed E-state index contributed by atoms with van der Waals surface area (Å²) < 4.78 is 19.1. The van der Waals surface area contributed by atoms with Gasteiger partial charge in [0.1, 0.15) is 6.10 Å². The second-order valence-corrected chi connectivity index (χ2v) is 12.0. The first-order valence-corrected chi connectivity index (χ1v) is 15.1. The van der Waals surface area contributed by atoms with Crippen molar-refractivity contribution in [2.45, 2.75) is 104 Å². The Morgan fingerprint density at radius 1 is 1.10 bits per heavy atom. The van der Waals surface area contributed by atoms with Crippen LogP contribution in [0.2, 0.25) is 0 Å². The van der Waals surface area contributed by atoms with E-state index in [0.29, 0.717) is 18.0 Å². The molecule has 1 spiro atoms. The number of nitrogens with two attached hydrogens (primary N) is 1. The first-order valence-electron chi connectivity index (χ1n) is 15.1. The van der Waals surface area contributed by atoms with Crippen LogP contribution in [-0.4, -0.2) is 72.1 Å². The van der Waals surface area contributed by atoms with Gasteiger partial charge in [0, 0.05) is 31.5 Å². The van der Waals surface area contributed by atoms with Gasteiger partial charge in [-0.15, -0.1) is 0 Å². The number of carbonyl (C=O) groups is 1. The Kier molecular flexibility index (Phi) is 10.9. The molecule has 0 radical (unpaired) electrons. The number of carbonyl (C=O) groups excluding carboxylic acids is 1. The van der Waals surface area contributed by atoms with Crippen LogP contribution in [0.5, 0.6) is 0 Å². The monoisotopic (exact) mass is 551 g/mol. The van der Waals surface area contributed by atoms with Crippen LogP contribution < -0.4 is 5.73 Å². The van der Waals surface area contributed by atoms with Crippen molar-refractivity contribution in [2.75, 3.05) is 26.9 Å². The molecule has 224 valence electrons. The molecule has 8 heteroatoms. The van der Waals surface area contributed by atoms with Crippen LogP contribution in [0.3, 0.4) is 0 Å². The minimum atomic E-state index is -0.827. The van der Waals surface area contributed by atoms with Gasteiger partial charge in [0.05, 0.1) is 30.0 Å². The first kappa shape index (κ1) is 32.2. The molecule has 4 aliphatic carbocycles. The lowest BCUT2D eigenvalue weighted by molar-refractivity contribution is -0.386. The second kappa shape index (κ2) is 13.1. The first-order chi connectivity index (χ1) is 18.7. The van der Waals surface area contributed by atoms with E-state index in [0.717, 1.165) is 64.4 Å². The number of allylic oxidation sites excluding steroid dienone is 2. The highest BCUT2D eigenvalue weighted by Gasteiger charge is 2.77. The Hall–Kier alpha value is -1.29. The molecule has 0 amide bonds. The SMILES string of the molecule is C=C1C(=O)C23C4CCC1C2OC(C)(C)OC3C(O)C1C(C)CC2=C(OCCC2)C14.CC.CO.NCCCCO. The van der Waals surface area contributed by atoms with Crippen LogP contribution >= 0.6 is 0 Å². The highest BCUT2D eigenvalue weighted by Crippen LogP contribution is 2.69. The molecule has 2 bridgehead atoms. The molecule has 9 unspecified atom stereocenters. The summed E-state index contributed by atoms with van der Waals surface area (Å²) >= 11 is 0. The number of hydrogen-bond donors (Lipinski definition) is 4. The van der Waals surface area contributed by atoms with Gasteiger partial charge in [-0.1, -0.05) is 27.4 Å². The molecule has 1 saturated heterocycles. The number of ketones is 1. The number of fused-ring (bicyclic) bond motifs is 3.